The van der Waals surface area contributed by atoms with Gasteiger partial charge in [0.1, 0.15) is 6.54 Å². The highest BCUT2D eigenvalue weighted by molar-refractivity contribution is 7.92. The van der Waals surface area contributed by atoms with Crippen LogP contribution in [0.5, 0.6) is 11.5 Å². The molecule has 0 heterocycles. The number of anilines is 1. The largest absolute Gasteiger partial charge is 0.490 e. The van der Waals surface area contributed by atoms with Crippen LogP contribution in [0.4, 0.5) is 5.69 Å². The third-order valence-corrected chi connectivity index (χ3v) is 6.93. The van der Waals surface area contributed by atoms with E-state index in [2.05, 4.69) is 5.32 Å². The standard InChI is InChI=1S/C25H27ClN2O5S/c1-3-32-23-15-14-19(16-24(23)33-4-2)17-27-25(29)18-28(22-13-9-8-12-21(22)26)34(30,31)20-10-6-5-7-11-20/h5-16H,3-4,17-18H2,1-2H3,(H,27,29). The monoisotopic (exact) mass is 502 g/mol. The lowest BCUT2D eigenvalue weighted by Crippen LogP contribution is -2.40. The van der Waals surface area contributed by atoms with Crippen LogP contribution in [-0.4, -0.2) is 34.1 Å². The second kappa shape index (κ2) is 11.8. The lowest BCUT2D eigenvalue weighted by molar-refractivity contribution is -0.119. The van der Waals surface area contributed by atoms with Crippen LogP contribution in [0.2, 0.25) is 5.02 Å². The van der Waals surface area contributed by atoms with Gasteiger partial charge < -0.3 is 14.8 Å². The van der Waals surface area contributed by atoms with Gasteiger partial charge in [-0.1, -0.05) is 48.0 Å². The van der Waals surface area contributed by atoms with Crippen LogP contribution in [-0.2, 0) is 21.4 Å². The van der Waals surface area contributed by atoms with Gasteiger partial charge in [-0.25, -0.2) is 8.42 Å². The van der Waals surface area contributed by atoms with Crippen molar-refractivity contribution in [2.45, 2.75) is 25.3 Å². The molecule has 34 heavy (non-hydrogen) atoms. The molecule has 0 atom stereocenters. The SMILES string of the molecule is CCOc1ccc(CNC(=O)CN(c2ccccc2Cl)S(=O)(=O)c2ccccc2)cc1OCC. The van der Waals surface area contributed by atoms with Crippen LogP contribution in [0.15, 0.2) is 77.7 Å². The van der Waals surface area contributed by atoms with Crippen molar-refractivity contribution in [3.8, 4) is 11.5 Å². The van der Waals surface area contributed by atoms with E-state index in [0.717, 1.165) is 9.87 Å². The average molecular weight is 503 g/mol. The van der Waals surface area contributed by atoms with Crippen LogP contribution in [0.1, 0.15) is 19.4 Å². The topological polar surface area (TPSA) is 84.9 Å². The summed E-state index contributed by atoms with van der Waals surface area (Å²) in [5.74, 6) is 0.727. The molecule has 0 unspecified atom stereocenters. The number of nitrogens with zero attached hydrogens (tertiary/aromatic N) is 1. The summed E-state index contributed by atoms with van der Waals surface area (Å²) in [6, 6.07) is 19.8. The predicted molar refractivity (Wildman–Crippen MR) is 133 cm³/mol. The van der Waals surface area contributed by atoms with Crippen molar-refractivity contribution in [3.63, 3.8) is 0 Å². The molecule has 0 aliphatic carbocycles. The van der Waals surface area contributed by atoms with Gasteiger partial charge in [0.2, 0.25) is 5.91 Å². The number of nitrogens with one attached hydrogen (secondary N) is 1. The summed E-state index contributed by atoms with van der Waals surface area (Å²) in [5, 5.41) is 3.00. The summed E-state index contributed by atoms with van der Waals surface area (Å²) >= 11 is 6.29. The number of amides is 1. The van der Waals surface area contributed by atoms with Gasteiger partial charge in [-0.3, -0.25) is 9.10 Å². The minimum Gasteiger partial charge on any atom is -0.490 e. The second-order valence-electron chi connectivity index (χ2n) is 7.20. The number of ether oxygens (including phenoxy) is 2. The highest BCUT2D eigenvalue weighted by Crippen LogP contribution is 2.30. The minimum absolute atomic E-state index is 0.0654. The number of para-hydroxylation sites is 1. The molecule has 7 nitrogen and oxygen atoms in total. The number of rotatable bonds is 11. The Morgan fingerprint density at radius 3 is 2.24 bits per heavy atom. The van der Waals surface area contributed by atoms with Crippen molar-refractivity contribution in [2.75, 3.05) is 24.1 Å². The molecule has 0 saturated heterocycles. The first kappa shape index (κ1) is 25.4. The second-order valence-corrected chi connectivity index (χ2v) is 9.47. The van der Waals surface area contributed by atoms with Crippen molar-refractivity contribution in [1.82, 2.24) is 5.32 Å². The third kappa shape index (κ3) is 6.21. The smallest absolute Gasteiger partial charge is 0.264 e. The fraction of sp³-hybridized carbons (Fsp3) is 0.240. The summed E-state index contributed by atoms with van der Waals surface area (Å²) < 4.78 is 38.9. The van der Waals surface area contributed by atoms with E-state index in [9.17, 15) is 13.2 Å². The highest BCUT2D eigenvalue weighted by atomic mass is 35.5. The van der Waals surface area contributed by atoms with Gasteiger partial charge in [0.15, 0.2) is 11.5 Å². The number of carbonyl (C=O) groups is 1. The van der Waals surface area contributed by atoms with Crippen molar-refractivity contribution in [3.05, 3.63) is 83.4 Å². The highest BCUT2D eigenvalue weighted by Gasteiger charge is 2.28. The van der Waals surface area contributed by atoms with Crippen molar-refractivity contribution < 1.29 is 22.7 Å². The van der Waals surface area contributed by atoms with Crippen LogP contribution >= 0.6 is 11.6 Å². The van der Waals surface area contributed by atoms with Gasteiger partial charge in [0, 0.05) is 6.54 Å². The van der Waals surface area contributed by atoms with Crippen LogP contribution in [0.25, 0.3) is 0 Å². The zero-order valence-electron chi connectivity index (χ0n) is 19.0. The lowest BCUT2D eigenvalue weighted by Gasteiger charge is -2.25. The number of halogens is 1. The molecule has 0 radical (unpaired) electrons. The van der Waals surface area contributed by atoms with E-state index in [1.54, 1.807) is 54.6 Å². The normalized spacial score (nSPS) is 11.0. The summed E-state index contributed by atoms with van der Waals surface area (Å²) in [4.78, 5) is 12.9. The number of benzene rings is 3. The van der Waals surface area contributed by atoms with Gasteiger partial charge in [-0.15, -0.1) is 0 Å². The summed E-state index contributed by atoms with van der Waals surface area (Å²) in [6.07, 6.45) is 0. The van der Waals surface area contributed by atoms with Gasteiger partial charge in [0.25, 0.3) is 10.0 Å². The first-order valence-electron chi connectivity index (χ1n) is 10.8. The molecule has 180 valence electrons. The van der Waals surface area contributed by atoms with E-state index >= 15 is 0 Å². The minimum atomic E-state index is -4.03. The maximum Gasteiger partial charge on any atom is 0.264 e. The lowest BCUT2D eigenvalue weighted by atomic mass is 10.2. The predicted octanol–water partition coefficient (Wildman–Crippen LogP) is 4.65. The Labute approximate surface area is 205 Å². The van der Waals surface area contributed by atoms with E-state index in [-0.39, 0.29) is 22.2 Å². The molecule has 9 heteroatoms. The van der Waals surface area contributed by atoms with E-state index in [1.165, 1.54) is 12.1 Å². The zero-order chi connectivity index (χ0) is 24.6. The van der Waals surface area contributed by atoms with E-state index in [4.69, 9.17) is 21.1 Å². The summed E-state index contributed by atoms with van der Waals surface area (Å²) in [7, 11) is -4.03. The van der Waals surface area contributed by atoms with Gasteiger partial charge >= 0.3 is 0 Å². The number of hydrogen-bond donors (Lipinski definition) is 1. The molecule has 3 aromatic carbocycles. The Kier molecular flexibility index (Phi) is 8.79. The molecule has 0 aliphatic rings. The molecule has 0 saturated carbocycles. The van der Waals surface area contributed by atoms with E-state index < -0.39 is 22.5 Å². The Bertz CT molecular complexity index is 1220. The Morgan fingerprint density at radius 1 is 0.912 bits per heavy atom. The fourth-order valence-electron chi connectivity index (χ4n) is 3.27. The zero-order valence-corrected chi connectivity index (χ0v) is 20.6. The van der Waals surface area contributed by atoms with Crippen LogP contribution in [0, 0.1) is 0 Å². The first-order chi connectivity index (χ1) is 16.4. The molecule has 1 amide bonds. The molecular weight excluding hydrogens is 476 g/mol. The van der Waals surface area contributed by atoms with Crippen molar-refractivity contribution in [2.24, 2.45) is 0 Å². The molecule has 0 spiro atoms. The fourth-order valence-corrected chi connectivity index (χ4v) is 5.01. The molecule has 3 rings (SSSR count). The number of sulfonamides is 1. The van der Waals surface area contributed by atoms with Crippen molar-refractivity contribution in [1.29, 1.82) is 0 Å². The van der Waals surface area contributed by atoms with Crippen LogP contribution < -0.4 is 19.1 Å². The van der Waals surface area contributed by atoms with Crippen LogP contribution in [0.3, 0.4) is 0 Å². The molecule has 0 bridgehead atoms. The average Bonchev–Trinajstić information content (AvgIpc) is 2.84. The molecule has 3 aromatic rings. The molecule has 0 aliphatic heterocycles. The van der Waals surface area contributed by atoms with Gasteiger partial charge in [-0.2, -0.15) is 0 Å². The quantitative estimate of drug-likeness (QED) is 0.412. The van der Waals surface area contributed by atoms with Gasteiger partial charge in [-0.05, 0) is 55.8 Å². The molecule has 1 N–H and O–H groups in total. The van der Waals surface area contributed by atoms with E-state index in [1.807, 2.05) is 19.9 Å². The summed E-state index contributed by atoms with van der Waals surface area (Å²) in [6.45, 7) is 4.49. The molecule has 0 aromatic heterocycles. The maximum atomic E-state index is 13.4. The Balaban J connectivity index is 1.80. The molecular formula is C25H27ClN2O5S. The maximum absolute atomic E-state index is 13.4. The Morgan fingerprint density at radius 2 is 1.56 bits per heavy atom. The van der Waals surface area contributed by atoms with E-state index in [0.29, 0.717) is 24.7 Å². The number of carbonyl (C=O) groups excluding carboxylic acids is 1. The number of hydrogen-bond acceptors (Lipinski definition) is 5. The van der Waals surface area contributed by atoms with Crippen molar-refractivity contribution >= 4 is 33.2 Å². The first-order valence-corrected chi connectivity index (χ1v) is 12.7. The summed E-state index contributed by atoms with van der Waals surface area (Å²) in [5.41, 5.74) is 1.01. The third-order valence-electron chi connectivity index (χ3n) is 4.84. The van der Waals surface area contributed by atoms with Gasteiger partial charge in [0.05, 0.1) is 28.8 Å². The Hall–Kier alpha value is -3.23. The molecule has 0 fully saturated rings.